The van der Waals surface area contributed by atoms with Crippen molar-refractivity contribution >= 4 is 0 Å². The highest BCUT2D eigenvalue weighted by atomic mass is 16.3. The third-order valence-corrected chi connectivity index (χ3v) is 4.54. The molecule has 0 aliphatic carbocycles. The molecule has 1 heterocycles. The molecule has 1 fully saturated rings. The molecule has 0 atom stereocenters. The summed E-state index contributed by atoms with van der Waals surface area (Å²) >= 11 is 0. The van der Waals surface area contributed by atoms with Crippen LogP contribution >= 0.6 is 0 Å². The minimum Gasteiger partial charge on any atom is -0.512 e. The Kier molecular flexibility index (Phi) is 10.8. The number of nitrogens with zero attached hydrogens (tertiary/aromatic N) is 4. The van der Waals surface area contributed by atoms with Crippen LogP contribution < -0.4 is 0 Å². The van der Waals surface area contributed by atoms with E-state index in [1.165, 1.54) is 0 Å². The number of aliphatic hydroxyl groups is 3. The Bertz CT molecular complexity index is 477. The Hall–Kier alpha value is -1.80. The van der Waals surface area contributed by atoms with Crippen molar-refractivity contribution in [2.45, 2.75) is 0 Å². The van der Waals surface area contributed by atoms with E-state index < -0.39 is 0 Å². The number of rotatable bonds is 8. The maximum atomic E-state index is 9.62. The lowest BCUT2D eigenvalue weighted by atomic mass is 10.3. The van der Waals surface area contributed by atoms with Crippen LogP contribution in [-0.2, 0) is 0 Å². The van der Waals surface area contributed by atoms with Crippen molar-refractivity contribution < 1.29 is 15.3 Å². The van der Waals surface area contributed by atoms with Crippen LogP contribution in [0.5, 0.6) is 0 Å². The second-order valence-electron chi connectivity index (χ2n) is 7.12. The Labute approximate surface area is 163 Å². The van der Waals surface area contributed by atoms with Gasteiger partial charge in [0.2, 0.25) is 0 Å². The zero-order chi connectivity index (χ0) is 20.2. The van der Waals surface area contributed by atoms with Gasteiger partial charge in [0.15, 0.2) is 0 Å². The summed E-state index contributed by atoms with van der Waals surface area (Å²) in [6.45, 7) is 23.0. The van der Waals surface area contributed by atoms with Gasteiger partial charge in [-0.15, -0.1) is 6.58 Å². The Balaban J connectivity index is 2.86. The van der Waals surface area contributed by atoms with Gasteiger partial charge in [0.25, 0.3) is 0 Å². The lowest BCUT2D eigenvalue weighted by Crippen LogP contribution is -2.46. The smallest absolute Gasteiger partial charge is 0.0991 e. The second-order valence-corrected chi connectivity index (χ2v) is 7.12. The molecule has 0 aromatic rings. The van der Waals surface area contributed by atoms with E-state index in [0.717, 1.165) is 58.9 Å². The van der Waals surface area contributed by atoms with Crippen molar-refractivity contribution in [1.82, 2.24) is 19.6 Å². The molecule has 0 aromatic carbocycles. The van der Waals surface area contributed by atoms with Crippen LogP contribution in [0.3, 0.4) is 0 Å². The van der Waals surface area contributed by atoms with Gasteiger partial charge in [-0.2, -0.15) is 0 Å². The summed E-state index contributed by atoms with van der Waals surface area (Å²) in [6, 6.07) is 0. The number of hydrogen-bond acceptors (Lipinski definition) is 7. The van der Waals surface area contributed by atoms with E-state index in [1.807, 2.05) is 6.08 Å². The first-order valence-corrected chi connectivity index (χ1v) is 9.40. The van der Waals surface area contributed by atoms with Crippen LogP contribution in [0.15, 0.2) is 49.7 Å². The summed E-state index contributed by atoms with van der Waals surface area (Å²) in [5.41, 5.74) is 0. The molecule has 0 radical (unpaired) electrons. The number of hydrogen-bond donors (Lipinski definition) is 3. The molecule has 7 nitrogen and oxygen atoms in total. The lowest BCUT2D eigenvalue weighted by molar-refractivity contribution is 0.133. The highest BCUT2D eigenvalue weighted by Crippen LogP contribution is 2.04. The molecule has 154 valence electrons. The molecule has 0 saturated carbocycles. The fourth-order valence-electron chi connectivity index (χ4n) is 3.19. The van der Waals surface area contributed by atoms with Crippen molar-refractivity contribution in [2.75, 3.05) is 78.5 Å². The van der Waals surface area contributed by atoms with Gasteiger partial charge in [-0.1, -0.05) is 25.8 Å². The van der Waals surface area contributed by atoms with Crippen LogP contribution in [0, 0.1) is 0 Å². The molecule has 0 bridgehead atoms. The van der Waals surface area contributed by atoms with E-state index >= 15 is 0 Å². The first-order valence-electron chi connectivity index (χ1n) is 9.40. The molecule has 1 aliphatic rings. The summed E-state index contributed by atoms with van der Waals surface area (Å²) in [7, 11) is 0. The molecule has 1 saturated heterocycles. The third-order valence-electron chi connectivity index (χ3n) is 4.54. The van der Waals surface area contributed by atoms with Crippen molar-refractivity contribution in [3.8, 4) is 0 Å². The van der Waals surface area contributed by atoms with Crippen LogP contribution in [0.4, 0.5) is 0 Å². The van der Waals surface area contributed by atoms with Gasteiger partial charge in [0.1, 0.15) is 0 Å². The molecule has 0 spiro atoms. The second kappa shape index (κ2) is 12.6. The van der Waals surface area contributed by atoms with Gasteiger partial charge in [-0.25, -0.2) is 0 Å². The van der Waals surface area contributed by atoms with E-state index in [1.54, 1.807) is 0 Å². The predicted molar refractivity (Wildman–Crippen MR) is 111 cm³/mol. The molecular formula is C20H36N4O3. The topological polar surface area (TPSA) is 73.7 Å². The first kappa shape index (κ1) is 23.2. The maximum absolute atomic E-state index is 9.62. The van der Waals surface area contributed by atoms with Gasteiger partial charge >= 0.3 is 0 Å². The average molecular weight is 381 g/mol. The fraction of sp³-hybridized carbons (Fsp3) is 0.600. The minimum atomic E-state index is 0.135. The van der Waals surface area contributed by atoms with Crippen molar-refractivity contribution in [3.05, 3.63) is 49.7 Å². The lowest BCUT2D eigenvalue weighted by Gasteiger charge is -2.33. The molecule has 1 rings (SSSR count). The molecule has 3 N–H and O–H groups in total. The van der Waals surface area contributed by atoms with E-state index in [2.05, 4.69) is 45.9 Å². The molecular weight excluding hydrogens is 344 g/mol. The number of aliphatic hydroxyl groups excluding tert-OH is 3. The van der Waals surface area contributed by atoms with Gasteiger partial charge in [0.05, 0.1) is 36.9 Å². The monoisotopic (exact) mass is 380 g/mol. The third kappa shape index (κ3) is 10.8. The standard InChI is InChI=1S/C20H36N4O3/c1-5-6-21-7-9-22(15-18(2)25)11-13-24(17-20(4)27)14-12-23(10-8-21)16-19(3)26/h5,25-27H,1-4,6-17H2. The summed E-state index contributed by atoms with van der Waals surface area (Å²) in [5.74, 6) is 0.446. The summed E-state index contributed by atoms with van der Waals surface area (Å²) in [6.07, 6.45) is 1.89. The first-order chi connectivity index (χ1) is 12.8. The maximum Gasteiger partial charge on any atom is 0.0991 e. The molecule has 0 amide bonds. The fourth-order valence-corrected chi connectivity index (χ4v) is 3.19. The molecule has 0 aromatic heterocycles. The molecule has 0 unspecified atom stereocenters. The summed E-state index contributed by atoms with van der Waals surface area (Å²) < 4.78 is 0. The normalized spacial score (nSPS) is 19.7. The summed E-state index contributed by atoms with van der Waals surface area (Å²) in [4.78, 5) is 8.77. The van der Waals surface area contributed by atoms with Gasteiger partial charge in [0, 0.05) is 58.9 Å². The zero-order valence-corrected chi connectivity index (χ0v) is 16.5. The average Bonchev–Trinajstić information content (AvgIpc) is 2.56. The Morgan fingerprint density at radius 3 is 1.07 bits per heavy atom. The van der Waals surface area contributed by atoms with Crippen LogP contribution in [-0.4, -0.2) is 113 Å². The predicted octanol–water partition coefficient (Wildman–Crippen LogP) is 1.61. The van der Waals surface area contributed by atoms with Crippen molar-refractivity contribution in [2.24, 2.45) is 0 Å². The Morgan fingerprint density at radius 2 is 0.852 bits per heavy atom. The van der Waals surface area contributed by atoms with E-state index in [9.17, 15) is 15.3 Å². The quantitative estimate of drug-likeness (QED) is 0.436. The van der Waals surface area contributed by atoms with Crippen molar-refractivity contribution in [1.29, 1.82) is 0 Å². The zero-order valence-electron chi connectivity index (χ0n) is 16.5. The van der Waals surface area contributed by atoms with Gasteiger partial charge < -0.3 is 15.3 Å². The largest absolute Gasteiger partial charge is 0.512 e. The molecule has 27 heavy (non-hydrogen) atoms. The van der Waals surface area contributed by atoms with Crippen LogP contribution in [0.2, 0.25) is 0 Å². The van der Waals surface area contributed by atoms with E-state index in [4.69, 9.17) is 0 Å². The van der Waals surface area contributed by atoms with Crippen LogP contribution in [0.1, 0.15) is 0 Å². The van der Waals surface area contributed by atoms with Gasteiger partial charge in [-0.05, 0) is 0 Å². The van der Waals surface area contributed by atoms with Gasteiger partial charge in [-0.3, -0.25) is 19.6 Å². The highest BCUT2D eigenvalue weighted by molar-refractivity contribution is 4.89. The summed E-state index contributed by atoms with van der Waals surface area (Å²) in [5, 5.41) is 28.9. The van der Waals surface area contributed by atoms with E-state index in [-0.39, 0.29) is 17.3 Å². The Morgan fingerprint density at radius 1 is 0.593 bits per heavy atom. The minimum absolute atomic E-state index is 0.135. The van der Waals surface area contributed by atoms with E-state index in [0.29, 0.717) is 19.6 Å². The molecule has 1 aliphatic heterocycles. The molecule has 7 heteroatoms. The highest BCUT2D eigenvalue weighted by Gasteiger charge is 2.17. The van der Waals surface area contributed by atoms with Crippen molar-refractivity contribution in [3.63, 3.8) is 0 Å². The SMILES string of the molecule is C=CCN1CCN(CC(=C)O)CCN(CC(=C)O)CCN(CC(=C)O)CC1. The van der Waals surface area contributed by atoms with Crippen LogP contribution in [0.25, 0.3) is 0 Å².